The number of carbonyl (C=O) groups is 2. The molecular weight excluding hydrogens is 186 g/mol. The standard InChI is InChI=1S/C9H11NO4/c1-3-6-9(13-5(2)11)10-7(12)4-8(10)14-6/h3,8-9H,4H2,1-2H3/t8-,9?/m1/s1. The zero-order valence-electron chi connectivity index (χ0n) is 8.02. The fourth-order valence-corrected chi connectivity index (χ4v) is 1.62. The van der Waals surface area contributed by atoms with Crippen LogP contribution in [0.3, 0.4) is 0 Å². The average Bonchev–Trinajstić information content (AvgIpc) is 2.35. The van der Waals surface area contributed by atoms with Crippen molar-refractivity contribution in [3.05, 3.63) is 11.8 Å². The highest BCUT2D eigenvalue weighted by molar-refractivity contribution is 5.84. The van der Waals surface area contributed by atoms with Crippen LogP contribution in [0.2, 0.25) is 0 Å². The second kappa shape index (κ2) is 3.01. The van der Waals surface area contributed by atoms with Crippen molar-refractivity contribution in [3.63, 3.8) is 0 Å². The van der Waals surface area contributed by atoms with E-state index >= 15 is 0 Å². The van der Waals surface area contributed by atoms with E-state index < -0.39 is 12.2 Å². The maximum absolute atomic E-state index is 11.2. The summed E-state index contributed by atoms with van der Waals surface area (Å²) in [4.78, 5) is 23.4. The van der Waals surface area contributed by atoms with Crippen molar-refractivity contribution in [2.45, 2.75) is 32.7 Å². The lowest BCUT2D eigenvalue weighted by Crippen LogP contribution is -2.53. The smallest absolute Gasteiger partial charge is 0.304 e. The SMILES string of the molecule is CC=C1O[C@@H]2CC(=O)N2C1OC(C)=O. The number of hydrogen-bond donors (Lipinski definition) is 0. The Morgan fingerprint density at radius 2 is 2.43 bits per heavy atom. The third-order valence-electron chi connectivity index (χ3n) is 2.28. The van der Waals surface area contributed by atoms with Gasteiger partial charge in [0.1, 0.15) is 0 Å². The second-order valence-corrected chi connectivity index (χ2v) is 3.23. The molecular formula is C9H11NO4. The molecule has 0 saturated carbocycles. The van der Waals surface area contributed by atoms with Crippen molar-refractivity contribution in [3.8, 4) is 0 Å². The molecule has 1 amide bonds. The molecule has 0 bridgehead atoms. The van der Waals surface area contributed by atoms with E-state index in [0.29, 0.717) is 12.2 Å². The van der Waals surface area contributed by atoms with E-state index in [-0.39, 0.29) is 12.1 Å². The van der Waals surface area contributed by atoms with Crippen LogP contribution in [0.1, 0.15) is 20.3 Å². The molecule has 0 spiro atoms. The van der Waals surface area contributed by atoms with Gasteiger partial charge in [-0.1, -0.05) is 0 Å². The highest BCUT2D eigenvalue weighted by Crippen LogP contribution is 2.36. The van der Waals surface area contributed by atoms with E-state index in [1.807, 2.05) is 0 Å². The van der Waals surface area contributed by atoms with Crippen LogP contribution in [0.25, 0.3) is 0 Å². The van der Waals surface area contributed by atoms with E-state index in [0.717, 1.165) is 0 Å². The molecule has 0 N–H and O–H groups in total. The molecule has 2 fully saturated rings. The monoisotopic (exact) mass is 197 g/mol. The van der Waals surface area contributed by atoms with Gasteiger partial charge in [0.25, 0.3) is 0 Å². The third kappa shape index (κ3) is 1.16. The zero-order valence-corrected chi connectivity index (χ0v) is 8.02. The number of hydrogen-bond acceptors (Lipinski definition) is 4. The summed E-state index contributed by atoms with van der Waals surface area (Å²) in [6, 6.07) is 0. The maximum atomic E-state index is 11.2. The summed E-state index contributed by atoms with van der Waals surface area (Å²) >= 11 is 0. The number of fused-ring (bicyclic) bond motifs is 1. The van der Waals surface area contributed by atoms with Crippen molar-refractivity contribution in [2.24, 2.45) is 0 Å². The summed E-state index contributed by atoms with van der Waals surface area (Å²) < 4.78 is 10.4. The van der Waals surface area contributed by atoms with Crippen LogP contribution in [0.5, 0.6) is 0 Å². The normalized spacial score (nSPS) is 32.3. The minimum atomic E-state index is -0.649. The molecule has 1 unspecified atom stereocenters. The van der Waals surface area contributed by atoms with E-state index in [2.05, 4.69) is 0 Å². The molecule has 0 radical (unpaired) electrons. The van der Waals surface area contributed by atoms with Crippen molar-refractivity contribution < 1.29 is 19.1 Å². The van der Waals surface area contributed by atoms with Crippen molar-refractivity contribution in [2.75, 3.05) is 0 Å². The minimum Gasteiger partial charge on any atom is -0.468 e. The van der Waals surface area contributed by atoms with E-state index in [4.69, 9.17) is 9.47 Å². The average molecular weight is 197 g/mol. The first kappa shape index (κ1) is 9.05. The van der Waals surface area contributed by atoms with Gasteiger partial charge in [-0.25, -0.2) is 0 Å². The maximum Gasteiger partial charge on any atom is 0.304 e. The first-order valence-corrected chi connectivity index (χ1v) is 4.44. The highest BCUT2D eigenvalue weighted by atomic mass is 16.6. The van der Waals surface area contributed by atoms with Crippen LogP contribution < -0.4 is 0 Å². The molecule has 2 aliphatic heterocycles. The molecule has 0 aliphatic carbocycles. The quantitative estimate of drug-likeness (QED) is 0.450. The lowest BCUT2D eigenvalue weighted by molar-refractivity contribution is -0.173. The van der Waals surface area contributed by atoms with E-state index in [9.17, 15) is 9.59 Å². The molecule has 76 valence electrons. The van der Waals surface area contributed by atoms with Crippen molar-refractivity contribution in [1.82, 2.24) is 4.90 Å². The Morgan fingerprint density at radius 1 is 1.71 bits per heavy atom. The van der Waals surface area contributed by atoms with Gasteiger partial charge in [-0.05, 0) is 13.0 Å². The van der Waals surface area contributed by atoms with E-state index in [1.165, 1.54) is 11.8 Å². The summed E-state index contributed by atoms with van der Waals surface area (Å²) in [6.45, 7) is 3.09. The zero-order chi connectivity index (χ0) is 10.3. The highest BCUT2D eigenvalue weighted by Gasteiger charge is 2.52. The van der Waals surface area contributed by atoms with Gasteiger partial charge in [-0.15, -0.1) is 0 Å². The Bertz CT molecular complexity index is 323. The van der Waals surface area contributed by atoms with Gasteiger partial charge in [-0.2, -0.15) is 0 Å². The predicted octanol–water partition coefficient (Wildman–Crippen LogP) is 0.368. The van der Waals surface area contributed by atoms with Gasteiger partial charge >= 0.3 is 5.97 Å². The fraction of sp³-hybridized carbons (Fsp3) is 0.556. The van der Waals surface area contributed by atoms with Gasteiger partial charge < -0.3 is 9.47 Å². The summed E-state index contributed by atoms with van der Waals surface area (Å²) in [5.74, 6) is 0.0763. The number of ether oxygens (including phenoxy) is 2. The number of amides is 1. The summed E-state index contributed by atoms with van der Waals surface area (Å²) in [5.41, 5.74) is 0. The molecule has 14 heavy (non-hydrogen) atoms. The molecule has 2 heterocycles. The minimum absolute atomic E-state index is 0.0434. The van der Waals surface area contributed by atoms with Crippen LogP contribution in [-0.2, 0) is 19.1 Å². The molecule has 5 nitrogen and oxygen atoms in total. The first-order chi connectivity index (χ1) is 6.63. The molecule has 2 saturated heterocycles. The number of rotatable bonds is 1. The van der Waals surface area contributed by atoms with E-state index in [1.54, 1.807) is 13.0 Å². The number of esters is 1. The first-order valence-electron chi connectivity index (χ1n) is 4.44. The Balaban J connectivity index is 2.17. The van der Waals surface area contributed by atoms with Crippen LogP contribution in [-0.4, -0.2) is 29.2 Å². The number of carbonyl (C=O) groups excluding carboxylic acids is 2. The molecule has 2 aliphatic rings. The lowest BCUT2D eigenvalue weighted by atomic mass is 10.2. The third-order valence-corrected chi connectivity index (χ3v) is 2.28. The largest absolute Gasteiger partial charge is 0.468 e. The van der Waals surface area contributed by atoms with Gasteiger partial charge in [0.2, 0.25) is 12.1 Å². The summed E-state index contributed by atoms with van der Waals surface area (Å²) in [5, 5.41) is 0. The summed E-state index contributed by atoms with van der Waals surface area (Å²) in [6.07, 6.45) is 1.19. The number of allylic oxidation sites excluding steroid dienone is 1. The Hall–Kier alpha value is -1.52. The molecule has 0 aromatic heterocycles. The van der Waals surface area contributed by atoms with Gasteiger partial charge in [-0.3, -0.25) is 14.5 Å². The fourth-order valence-electron chi connectivity index (χ4n) is 1.62. The van der Waals surface area contributed by atoms with Crippen LogP contribution in [0.4, 0.5) is 0 Å². The van der Waals surface area contributed by atoms with Crippen molar-refractivity contribution in [1.29, 1.82) is 0 Å². The van der Waals surface area contributed by atoms with Gasteiger partial charge in [0.15, 0.2) is 12.0 Å². The Kier molecular flexibility index (Phi) is 1.94. The molecule has 0 aromatic rings. The summed E-state index contributed by atoms with van der Waals surface area (Å²) in [7, 11) is 0. The van der Waals surface area contributed by atoms with Crippen molar-refractivity contribution >= 4 is 11.9 Å². The molecule has 0 aromatic carbocycles. The number of nitrogens with zero attached hydrogens (tertiary/aromatic N) is 1. The molecule has 5 heteroatoms. The van der Waals surface area contributed by atoms with Crippen LogP contribution >= 0.6 is 0 Å². The van der Waals surface area contributed by atoms with Gasteiger partial charge in [0, 0.05) is 6.92 Å². The topological polar surface area (TPSA) is 55.8 Å². The van der Waals surface area contributed by atoms with Crippen LogP contribution in [0.15, 0.2) is 11.8 Å². The predicted molar refractivity (Wildman–Crippen MR) is 45.6 cm³/mol. The Labute approximate surface area is 81.3 Å². The van der Waals surface area contributed by atoms with Gasteiger partial charge in [0.05, 0.1) is 6.42 Å². The molecule has 2 atom stereocenters. The molecule has 2 rings (SSSR count). The Morgan fingerprint density at radius 3 is 2.93 bits per heavy atom. The second-order valence-electron chi connectivity index (χ2n) is 3.23. The lowest BCUT2D eigenvalue weighted by Gasteiger charge is -2.33. The number of β-lactam (4-membered cyclic amide) rings is 1. The van der Waals surface area contributed by atoms with Crippen LogP contribution in [0, 0.1) is 0 Å².